The number of hydrogen-bond donors (Lipinski definition) is 3. The van der Waals surface area contributed by atoms with Gasteiger partial charge < -0.3 is 16.0 Å². The molecule has 2 aromatic rings. The van der Waals surface area contributed by atoms with Crippen molar-refractivity contribution in [2.24, 2.45) is 5.41 Å². The minimum absolute atomic E-state index is 0.0188. The van der Waals surface area contributed by atoms with Gasteiger partial charge in [0, 0.05) is 51.3 Å². The van der Waals surface area contributed by atoms with E-state index in [1.165, 1.54) is 22.4 Å². The molecule has 1 aliphatic carbocycles. The molecule has 1 heterocycles. The van der Waals surface area contributed by atoms with Crippen molar-refractivity contribution in [1.29, 1.82) is 0 Å². The van der Waals surface area contributed by atoms with E-state index in [2.05, 4.69) is 70.2 Å². The zero-order valence-electron chi connectivity index (χ0n) is 21.4. The number of likely N-dealkylation sites (tertiary alicyclic amines) is 1. The average molecular weight is 491 g/mol. The molecule has 1 unspecified atom stereocenters. The van der Waals surface area contributed by atoms with Gasteiger partial charge in [-0.1, -0.05) is 55.0 Å². The van der Waals surface area contributed by atoms with Gasteiger partial charge in [0.1, 0.15) is 0 Å². The summed E-state index contributed by atoms with van der Waals surface area (Å²) in [6.45, 7) is 4.41. The number of piperidine rings is 1. The van der Waals surface area contributed by atoms with E-state index in [-0.39, 0.29) is 36.7 Å². The smallest absolute Gasteiger partial charge is 0.243 e. The van der Waals surface area contributed by atoms with Gasteiger partial charge in [0.15, 0.2) is 0 Å². The molecule has 3 N–H and O–H groups in total. The number of fused-ring (bicyclic) bond motifs is 1. The predicted molar refractivity (Wildman–Crippen MR) is 142 cm³/mol. The van der Waals surface area contributed by atoms with E-state index in [9.17, 15) is 14.4 Å². The van der Waals surface area contributed by atoms with E-state index in [4.69, 9.17) is 0 Å². The van der Waals surface area contributed by atoms with Gasteiger partial charge >= 0.3 is 0 Å². The van der Waals surface area contributed by atoms with Crippen LogP contribution in [0.4, 0.5) is 0 Å². The maximum Gasteiger partial charge on any atom is 0.243 e. The Morgan fingerprint density at radius 2 is 1.81 bits per heavy atom. The van der Waals surface area contributed by atoms with E-state index in [1.807, 2.05) is 0 Å². The molecule has 2 fully saturated rings. The zero-order valence-corrected chi connectivity index (χ0v) is 21.4. The summed E-state index contributed by atoms with van der Waals surface area (Å²) >= 11 is 0. The monoisotopic (exact) mass is 490 g/mol. The Labute approximate surface area is 213 Å². The quantitative estimate of drug-likeness (QED) is 0.470. The van der Waals surface area contributed by atoms with Crippen LogP contribution in [0.15, 0.2) is 54.6 Å². The highest BCUT2D eigenvalue weighted by molar-refractivity contribution is 5.90. The number of carbonyl (C=O) groups excluding carboxylic acids is 3. The molecule has 192 valence electrons. The lowest BCUT2D eigenvalue weighted by Crippen LogP contribution is -2.53. The number of hydrogen-bond acceptors (Lipinski definition) is 4. The van der Waals surface area contributed by atoms with Crippen LogP contribution in [0.2, 0.25) is 0 Å². The van der Waals surface area contributed by atoms with Crippen LogP contribution in [0.3, 0.4) is 0 Å². The molecule has 2 aliphatic rings. The Balaban J connectivity index is 1.27. The minimum Gasteiger partial charge on any atom is -0.356 e. The Morgan fingerprint density at radius 3 is 2.50 bits per heavy atom. The number of likely N-dealkylation sites (N-methyl/N-ethyl adjacent to an activating group) is 1. The normalized spacial score (nSPS) is 18.9. The largest absolute Gasteiger partial charge is 0.356 e. The fourth-order valence-electron chi connectivity index (χ4n) is 5.46. The third-order valence-electron chi connectivity index (χ3n) is 7.91. The first kappa shape index (κ1) is 25.9. The van der Waals surface area contributed by atoms with Gasteiger partial charge in [-0.25, -0.2) is 0 Å². The van der Waals surface area contributed by atoms with Gasteiger partial charge in [0.25, 0.3) is 0 Å². The Hall–Kier alpha value is -3.19. The van der Waals surface area contributed by atoms with Crippen LogP contribution in [0.1, 0.15) is 57.1 Å². The molecule has 7 heteroatoms. The highest BCUT2D eigenvalue weighted by Crippen LogP contribution is 2.44. The molecule has 36 heavy (non-hydrogen) atoms. The topological polar surface area (TPSA) is 90.5 Å². The van der Waals surface area contributed by atoms with Crippen molar-refractivity contribution in [1.82, 2.24) is 20.9 Å². The maximum atomic E-state index is 13.2. The summed E-state index contributed by atoms with van der Waals surface area (Å²) in [6, 6.07) is 15.5. The van der Waals surface area contributed by atoms with Crippen molar-refractivity contribution in [2.45, 2.75) is 57.5 Å². The van der Waals surface area contributed by atoms with Crippen LogP contribution in [-0.2, 0) is 14.4 Å². The Bertz CT molecular complexity index is 1110. The average Bonchev–Trinajstić information content (AvgIpc) is 2.88. The van der Waals surface area contributed by atoms with E-state index in [0.29, 0.717) is 6.04 Å². The van der Waals surface area contributed by atoms with Crippen LogP contribution in [0, 0.1) is 5.41 Å². The second-order valence-corrected chi connectivity index (χ2v) is 10.2. The first-order chi connectivity index (χ1) is 17.4. The first-order valence-electron chi connectivity index (χ1n) is 13.1. The van der Waals surface area contributed by atoms with E-state index in [1.54, 1.807) is 13.1 Å². The number of amides is 3. The maximum absolute atomic E-state index is 13.2. The van der Waals surface area contributed by atoms with Crippen molar-refractivity contribution in [3.63, 3.8) is 0 Å². The Kier molecular flexibility index (Phi) is 8.41. The molecule has 3 amide bonds. The van der Waals surface area contributed by atoms with Crippen molar-refractivity contribution in [2.75, 3.05) is 26.7 Å². The van der Waals surface area contributed by atoms with Gasteiger partial charge in [-0.05, 0) is 48.9 Å². The fourth-order valence-corrected chi connectivity index (χ4v) is 5.46. The number of benzene rings is 2. The molecule has 4 rings (SSSR count). The summed E-state index contributed by atoms with van der Waals surface area (Å²) in [6.07, 6.45) is 7.48. The van der Waals surface area contributed by atoms with Crippen LogP contribution >= 0.6 is 0 Å². The zero-order chi connectivity index (χ0) is 25.5. The second kappa shape index (κ2) is 11.7. The predicted octanol–water partition coefficient (Wildman–Crippen LogP) is 3.46. The van der Waals surface area contributed by atoms with Crippen LogP contribution in [0.25, 0.3) is 10.8 Å². The van der Waals surface area contributed by atoms with Crippen molar-refractivity contribution < 1.29 is 14.4 Å². The van der Waals surface area contributed by atoms with Gasteiger partial charge in [-0.2, -0.15) is 0 Å². The highest BCUT2D eigenvalue weighted by atomic mass is 16.2. The van der Waals surface area contributed by atoms with Crippen LogP contribution in [-0.4, -0.2) is 55.3 Å². The molecule has 0 spiro atoms. The molecule has 1 atom stereocenters. The van der Waals surface area contributed by atoms with Gasteiger partial charge in [-0.3, -0.25) is 19.3 Å². The lowest BCUT2D eigenvalue weighted by molar-refractivity contribution is -0.142. The SMILES string of the molecule is CNC(=O)C=CCNC(=O)CC1(C(=O)NC2CCN(C(C)c3cccc4ccccc34)CC2)CCC1. The summed E-state index contributed by atoms with van der Waals surface area (Å²) in [5, 5.41) is 11.1. The molecule has 1 aliphatic heterocycles. The molecule has 0 aromatic heterocycles. The standard InChI is InChI=1S/C29H38N4O3/c1-21(24-11-5-9-22-8-3-4-10-25(22)24)33-18-13-23(14-19-33)32-28(36)29(15-7-16-29)20-27(35)31-17-6-12-26(34)30-2/h3-6,8-12,21,23H,7,13-20H2,1-2H3,(H,30,34)(H,31,35)(H,32,36). The minimum atomic E-state index is -0.595. The van der Waals surface area contributed by atoms with Gasteiger partial charge in [0.05, 0.1) is 5.41 Å². The summed E-state index contributed by atoms with van der Waals surface area (Å²) in [4.78, 5) is 39.4. The van der Waals surface area contributed by atoms with Gasteiger partial charge in [0.2, 0.25) is 17.7 Å². The van der Waals surface area contributed by atoms with Crippen molar-refractivity contribution >= 4 is 28.5 Å². The third-order valence-corrected chi connectivity index (χ3v) is 7.91. The Morgan fingerprint density at radius 1 is 1.08 bits per heavy atom. The second-order valence-electron chi connectivity index (χ2n) is 10.2. The van der Waals surface area contributed by atoms with E-state index >= 15 is 0 Å². The molecule has 0 bridgehead atoms. The summed E-state index contributed by atoms with van der Waals surface area (Å²) in [7, 11) is 1.56. The molecule has 1 saturated carbocycles. The molecule has 7 nitrogen and oxygen atoms in total. The van der Waals surface area contributed by atoms with Crippen molar-refractivity contribution in [3.8, 4) is 0 Å². The lowest BCUT2D eigenvalue weighted by atomic mass is 9.65. The van der Waals surface area contributed by atoms with Crippen molar-refractivity contribution in [3.05, 3.63) is 60.2 Å². The molecule has 2 aromatic carbocycles. The first-order valence-corrected chi connectivity index (χ1v) is 13.1. The fraction of sp³-hybridized carbons (Fsp3) is 0.483. The van der Waals surface area contributed by atoms with E-state index < -0.39 is 5.41 Å². The van der Waals surface area contributed by atoms with Gasteiger partial charge in [-0.15, -0.1) is 0 Å². The highest BCUT2D eigenvalue weighted by Gasteiger charge is 2.46. The lowest BCUT2D eigenvalue weighted by Gasteiger charge is -2.42. The number of carbonyl (C=O) groups is 3. The molecular weight excluding hydrogens is 452 g/mol. The van der Waals surface area contributed by atoms with Crippen LogP contribution < -0.4 is 16.0 Å². The molecular formula is C29H38N4O3. The summed E-state index contributed by atoms with van der Waals surface area (Å²) in [5.74, 6) is -0.341. The third kappa shape index (κ3) is 5.95. The number of rotatable bonds is 9. The summed E-state index contributed by atoms with van der Waals surface area (Å²) < 4.78 is 0. The van der Waals surface area contributed by atoms with E-state index in [0.717, 1.165) is 45.2 Å². The van der Waals surface area contributed by atoms with Crippen LogP contribution in [0.5, 0.6) is 0 Å². The number of nitrogens with one attached hydrogen (secondary N) is 3. The summed E-state index contributed by atoms with van der Waals surface area (Å²) in [5.41, 5.74) is 0.752. The molecule has 0 radical (unpaired) electrons. The number of nitrogens with zero attached hydrogens (tertiary/aromatic N) is 1. The molecule has 1 saturated heterocycles.